The second kappa shape index (κ2) is 5.26. The first-order chi connectivity index (χ1) is 9.65. The number of likely N-dealkylation sites (tertiary alicyclic amines) is 1. The van der Waals surface area contributed by atoms with Crippen molar-refractivity contribution in [1.29, 1.82) is 0 Å². The first-order valence-electron chi connectivity index (χ1n) is 6.92. The Kier molecular flexibility index (Phi) is 3.46. The van der Waals surface area contributed by atoms with Crippen molar-refractivity contribution in [3.63, 3.8) is 0 Å². The van der Waals surface area contributed by atoms with Gasteiger partial charge in [-0.1, -0.05) is 18.2 Å². The van der Waals surface area contributed by atoms with Crippen LogP contribution in [0, 0.1) is 0 Å². The smallest absolute Gasteiger partial charge is 0.239 e. The molecule has 0 aliphatic carbocycles. The molecule has 0 radical (unpaired) electrons. The van der Waals surface area contributed by atoms with Gasteiger partial charge in [0.25, 0.3) is 0 Å². The minimum absolute atomic E-state index is 0.0770. The molecule has 1 amide bonds. The molecule has 1 aliphatic rings. The Labute approximate surface area is 117 Å². The summed E-state index contributed by atoms with van der Waals surface area (Å²) in [5.41, 5.74) is 8.15. The molecule has 1 unspecified atom stereocenters. The zero-order valence-corrected chi connectivity index (χ0v) is 11.2. The van der Waals surface area contributed by atoms with Crippen LogP contribution in [-0.2, 0) is 11.2 Å². The summed E-state index contributed by atoms with van der Waals surface area (Å²) in [6.45, 7) is 1.00. The summed E-state index contributed by atoms with van der Waals surface area (Å²) in [6, 6.07) is 7.42. The fourth-order valence-electron chi connectivity index (χ4n) is 2.80. The summed E-state index contributed by atoms with van der Waals surface area (Å²) < 4.78 is 0. The quantitative estimate of drug-likeness (QED) is 0.767. The minimum Gasteiger partial charge on any atom is -0.391 e. The van der Waals surface area contributed by atoms with Crippen LogP contribution in [0.1, 0.15) is 12.0 Å². The highest BCUT2D eigenvalue weighted by atomic mass is 16.3. The van der Waals surface area contributed by atoms with E-state index < -0.39 is 12.1 Å². The minimum atomic E-state index is -0.556. The van der Waals surface area contributed by atoms with Crippen molar-refractivity contribution in [1.82, 2.24) is 9.88 Å². The van der Waals surface area contributed by atoms with Crippen molar-refractivity contribution in [2.24, 2.45) is 5.73 Å². The standard InChI is InChI=1S/C15H19N3O2/c16-13(15(20)18-6-5-11(19)9-18)7-10-8-17-14-4-2-1-3-12(10)14/h1-4,8,11,13,17,19H,5-7,9,16H2/t11-,13?/m1/s1. The van der Waals surface area contributed by atoms with Crippen molar-refractivity contribution < 1.29 is 9.90 Å². The molecular weight excluding hydrogens is 254 g/mol. The van der Waals surface area contributed by atoms with E-state index in [2.05, 4.69) is 4.98 Å². The molecular formula is C15H19N3O2. The summed E-state index contributed by atoms with van der Waals surface area (Å²) >= 11 is 0. The van der Waals surface area contributed by atoms with E-state index in [-0.39, 0.29) is 5.91 Å². The van der Waals surface area contributed by atoms with Gasteiger partial charge in [0.15, 0.2) is 0 Å². The Morgan fingerprint density at radius 1 is 1.50 bits per heavy atom. The SMILES string of the molecule is NC(Cc1c[nH]c2ccccc12)C(=O)N1CC[C@@H](O)C1. The molecule has 1 aromatic heterocycles. The molecule has 2 atom stereocenters. The highest BCUT2D eigenvalue weighted by Gasteiger charge is 2.28. The normalized spacial score (nSPS) is 20.5. The van der Waals surface area contributed by atoms with E-state index in [9.17, 15) is 9.90 Å². The Bertz CT molecular complexity index is 622. The van der Waals surface area contributed by atoms with Gasteiger partial charge in [-0.3, -0.25) is 4.79 Å². The number of hydrogen-bond donors (Lipinski definition) is 3. The molecule has 0 spiro atoms. The number of rotatable bonds is 3. The number of nitrogens with zero attached hydrogens (tertiary/aromatic N) is 1. The van der Waals surface area contributed by atoms with Crippen LogP contribution in [0.25, 0.3) is 10.9 Å². The molecule has 5 heteroatoms. The van der Waals surface area contributed by atoms with Gasteiger partial charge in [-0.2, -0.15) is 0 Å². The van der Waals surface area contributed by atoms with Gasteiger partial charge in [-0.15, -0.1) is 0 Å². The first kappa shape index (κ1) is 13.1. The Morgan fingerprint density at radius 2 is 2.30 bits per heavy atom. The van der Waals surface area contributed by atoms with E-state index in [4.69, 9.17) is 5.73 Å². The fourth-order valence-corrected chi connectivity index (χ4v) is 2.80. The lowest BCUT2D eigenvalue weighted by Crippen LogP contribution is -2.44. The number of para-hydroxylation sites is 1. The summed E-state index contributed by atoms with van der Waals surface area (Å²) in [5.74, 6) is -0.0770. The maximum Gasteiger partial charge on any atom is 0.239 e. The Morgan fingerprint density at radius 3 is 3.05 bits per heavy atom. The molecule has 3 rings (SSSR count). The Hall–Kier alpha value is -1.85. The van der Waals surface area contributed by atoms with Crippen LogP contribution >= 0.6 is 0 Å². The molecule has 1 aromatic carbocycles. The number of nitrogens with one attached hydrogen (secondary N) is 1. The molecule has 2 heterocycles. The molecule has 1 aliphatic heterocycles. The predicted octanol–water partition coefficient (Wildman–Crippen LogP) is 0.631. The number of aromatic amines is 1. The second-order valence-corrected chi connectivity index (χ2v) is 5.40. The van der Waals surface area contributed by atoms with E-state index in [0.29, 0.717) is 25.9 Å². The number of β-amino-alcohol motifs (C(OH)–C–C–N with tert-alkyl or cyclic N) is 1. The molecule has 1 saturated heterocycles. The van der Waals surface area contributed by atoms with Gasteiger partial charge in [0.2, 0.25) is 5.91 Å². The van der Waals surface area contributed by atoms with Crippen molar-refractivity contribution >= 4 is 16.8 Å². The van der Waals surface area contributed by atoms with Crippen LogP contribution in [0.5, 0.6) is 0 Å². The lowest BCUT2D eigenvalue weighted by atomic mass is 10.0. The molecule has 2 aromatic rings. The predicted molar refractivity (Wildman–Crippen MR) is 77.2 cm³/mol. The molecule has 5 nitrogen and oxygen atoms in total. The van der Waals surface area contributed by atoms with Gasteiger partial charge in [0.1, 0.15) is 0 Å². The molecule has 106 valence electrons. The molecule has 20 heavy (non-hydrogen) atoms. The van der Waals surface area contributed by atoms with Crippen LogP contribution in [0.4, 0.5) is 0 Å². The molecule has 0 saturated carbocycles. The number of carbonyl (C=O) groups is 1. The van der Waals surface area contributed by atoms with Gasteiger partial charge in [0, 0.05) is 30.2 Å². The zero-order chi connectivity index (χ0) is 14.1. The largest absolute Gasteiger partial charge is 0.391 e. The first-order valence-corrected chi connectivity index (χ1v) is 6.92. The third kappa shape index (κ3) is 2.42. The number of amides is 1. The molecule has 1 fully saturated rings. The number of hydrogen-bond acceptors (Lipinski definition) is 3. The lowest BCUT2D eigenvalue weighted by molar-refractivity contribution is -0.131. The maximum absolute atomic E-state index is 12.2. The number of aliphatic hydroxyl groups excluding tert-OH is 1. The van der Waals surface area contributed by atoms with Crippen LogP contribution < -0.4 is 5.73 Å². The average molecular weight is 273 g/mol. The highest BCUT2D eigenvalue weighted by Crippen LogP contribution is 2.19. The monoisotopic (exact) mass is 273 g/mol. The zero-order valence-electron chi connectivity index (χ0n) is 11.2. The molecule has 4 N–H and O–H groups in total. The van der Waals surface area contributed by atoms with Crippen molar-refractivity contribution in [2.75, 3.05) is 13.1 Å². The van der Waals surface area contributed by atoms with Crippen molar-refractivity contribution in [2.45, 2.75) is 25.0 Å². The molecule has 0 bridgehead atoms. The number of carbonyl (C=O) groups excluding carboxylic acids is 1. The van der Waals surface area contributed by atoms with Gasteiger partial charge in [0.05, 0.1) is 12.1 Å². The van der Waals surface area contributed by atoms with E-state index in [1.54, 1.807) is 4.90 Å². The number of nitrogens with two attached hydrogens (primary N) is 1. The summed E-state index contributed by atoms with van der Waals surface area (Å²) in [5, 5.41) is 10.6. The summed E-state index contributed by atoms with van der Waals surface area (Å²) in [7, 11) is 0. The third-order valence-electron chi connectivity index (χ3n) is 3.91. The van der Waals surface area contributed by atoms with Gasteiger partial charge < -0.3 is 20.7 Å². The van der Waals surface area contributed by atoms with Crippen LogP contribution in [0.2, 0.25) is 0 Å². The van der Waals surface area contributed by atoms with E-state index in [1.807, 2.05) is 30.5 Å². The van der Waals surface area contributed by atoms with Gasteiger partial charge >= 0.3 is 0 Å². The number of fused-ring (bicyclic) bond motifs is 1. The topological polar surface area (TPSA) is 82.4 Å². The number of benzene rings is 1. The van der Waals surface area contributed by atoms with Crippen LogP contribution in [-0.4, -0.2) is 46.1 Å². The summed E-state index contributed by atoms with van der Waals surface area (Å²) in [6.07, 6.45) is 2.66. The van der Waals surface area contributed by atoms with E-state index in [0.717, 1.165) is 16.5 Å². The van der Waals surface area contributed by atoms with Crippen molar-refractivity contribution in [3.05, 3.63) is 36.0 Å². The third-order valence-corrected chi connectivity index (χ3v) is 3.91. The van der Waals surface area contributed by atoms with Crippen LogP contribution in [0.3, 0.4) is 0 Å². The summed E-state index contributed by atoms with van der Waals surface area (Å²) in [4.78, 5) is 17.1. The maximum atomic E-state index is 12.2. The van der Waals surface area contributed by atoms with Crippen LogP contribution in [0.15, 0.2) is 30.5 Å². The van der Waals surface area contributed by atoms with Gasteiger partial charge in [-0.25, -0.2) is 0 Å². The van der Waals surface area contributed by atoms with E-state index in [1.165, 1.54) is 0 Å². The number of aliphatic hydroxyl groups is 1. The van der Waals surface area contributed by atoms with Crippen molar-refractivity contribution in [3.8, 4) is 0 Å². The Balaban J connectivity index is 1.72. The number of H-pyrrole nitrogens is 1. The average Bonchev–Trinajstić information content (AvgIpc) is 3.05. The second-order valence-electron chi connectivity index (χ2n) is 5.40. The lowest BCUT2D eigenvalue weighted by Gasteiger charge is -2.20. The van der Waals surface area contributed by atoms with Gasteiger partial charge in [-0.05, 0) is 24.5 Å². The fraction of sp³-hybridized carbons (Fsp3) is 0.400. The number of aromatic nitrogens is 1. The van der Waals surface area contributed by atoms with E-state index >= 15 is 0 Å². The highest BCUT2D eigenvalue weighted by molar-refractivity contribution is 5.86.